The molecule has 0 aliphatic carbocycles. The molecule has 0 amide bonds. The highest BCUT2D eigenvalue weighted by atomic mass is 79.9. The predicted octanol–water partition coefficient (Wildman–Crippen LogP) is 3.90. The van der Waals surface area contributed by atoms with Crippen LogP contribution in [0.1, 0.15) is 24.2 Å². The zero-order valence-corrected chi connectivity index (χ0v) is 11.1. The number of benzene rings is 1. The highest BCUT2D eigenvalue weighted by Gasteiger charge is 2.09. The number of carboxylic acid groups (broad SMARTS) is 1. The van der Waals surface area contributed by atoms with E-state index in [1.807, 2.05) is 6.07 Å². The van der Waals surface area contributed by atoms with Gasteiger partial charge in [-0.2, -0.15) is 0 Å². The Bertz CT molecular complexity index is 364. The summed E-state index contributed by atoms with van der Waals surface area (Å²) in [6.07, 6.45) is 0. The maximum Gasteiger partial charge on any atom is 0.336 e. The summed E-state index contributed by atoms with van der Waals surface area (Å²) in [7, 11) is 0. The molecule has 15 heavy (non-hydrogen) atoms. The van der Waals surface area contributed by atoms with Crippen LogP contribution >= 0.6 is 27.7 Å². The molecule has 1 aromatic carbocycles. The highest BCUT2D eigenvalue weighted by Crippen LogP contribution is 2.26. The van der Waals surface area contributed by atoms with Crippen LogP contribution in [0.3, 0.4) is 0 Å². The van der Waals surface area contributed by atoms with E-state index in [4.69, 9.17) is 5.11 Å². The summed E-state index contributed by atoms with van der Waals surface area (Å²) < 4.78 is 0.629. The van der Waals surface area contributed by atoms with Gasteiger partial charge < -0.3 is 5.11 Å². The molecular weight excluding hydrogens is 276 g/mol. The predicted molar refractivity (Wildman–Crippen MR) is 66.7 cm³/mol. The van der Waals surface area contributed by atoms with Crippen molar-refractivity contribution in [1.29, 1.82) is 0 Å². The number of hydrogen-bond donors (Lipinski definition) is 1. The van der Waals surface area contributed by atoms with Gasteiger partial charge in [-0.05, 0) is 40.0 Å². The van der Waals surface area contributed by atoms with E-state index < -0.39 is 5.97 Å². The lowest BCUT2D eigenvalue weighted by Gasteiger charge is -2.06. The second-order valence-corrected chi connectivity index (χ2v) is 5.60. The molecule has 0 fully saturated rings. The molecule has 0 radical (unpaired) electrons. The molecule has 0 aliphatic heterocycles. The molecule has 1 N–H and O–H groups in total. The Morgan fingerprint density at radius 2 is 2.20 bits per heavy atom. The monoisotopic (exact) mass is 288 g/mol. The van der Waals surface area contributed by atoms with Crippen LogP contribution in [0, 0.1) is 5.92 Å². The first-order chi connectivity index (χ1) is 7.00. The normalized spacial score (nSPS) is 10.7. The van der Waals surface area contributed by atoms with Gasteiger partial charge in [0.25, 0.3) is 0 Å². The molecule has 1 rings (SSSR count). The third-order valence-corrected chi connectivity index (χ3v) is 3.86. The van der Waals surface area contributed by atoms with Gasteiger partial charge in [-0.25, -0.2) is 4.79 Å². The minimum atomic E-state index is -0.895. The van der Waals surface area contributed by atoms with E-state index >= 15 is 0 Å². The Morgan fingerprint density at radius 3 is 2.73 bits per heavy atom. The summed E-state index contributed by atoms with van der Waals surface area (Å²) in [6, 6.07) is 5.43. The first-order valence-electron chi connectivity index (χ1n) is 4.66. The van der Waals surface area contributed by atoms with Gasteiger partial charge in [0.1, 0.15) is 0 Å². The van der Waals surface area contributed by atoms with Crippen LogP contribution in [0.2, 0.25) is 0 Å². The van der Waals surface area contributed by atoms with Gasteiger partial charge in [-0.3, -0.25) is 0 Å². The Hall–Kier alpha value is -0.480. The lowest BCUT2D eigenvalue weighted by Crippen LogP contribution is -1.98. The van der Waals surface area contributed by atoms with Gasteiger partial charge in [-0.15, -0.1) is 11.8 Å². The van der Waals surface area contributed by atoms with E-state index in [2.05, 4.69) is 29.8 Å². The summed E-state index contributed by atoms with van der Waals surface area (Å²) >= 11 is 4.91. The molecule has 0 bridgehead atoms. The van der Waals surface area contributed by atoms with Crippen LogP contribution < -0.4 is 0 Å². The van der Waals surface area contributed by atoms with Gasteiger partial charge in [0, 0.05) is 15.1 Å². The van der Waals surface area contributed by atoms with Crippen LogP contribution in [-0.2, 0) is 0 Å². The maximum absolute atomic E-state index is 10.9. The van der Waals surface area contributed by atoms with Crippen molar-refractivity contribution in [2.45, 2.75) is 18.7 Å². The van der Waals surface area contributed by atoms with Crippen molar-refractivity contribution in [3.05, 3.63) is 28.2 Å². The number of carboxylic acids is 1. The minimum Gasteiger partial charge on any atom is -0.478 e. The van der Waals surface area contributed by atoms with Gasteiger partial charge in [0.2, 0.25) is 0 Å². The van der Waals surface area contributed by atoms with Crippen LogP contribution in [0.25, 0.3) is 0 Å². The number of aromatic carboxylic acids is 1. The Morgan fingerprint density at radius 1 is 1.53 bits per heavy atom. The molecule has 0 atom stereocenters. The molecular formula is C11H13BrO2S. The number of rotatable bonds is 4. The van der Waals surface area contributed by atoms with E-state index in [1.165, 1.54) is 0 Å². The molecule has 0 unspecified atom stereocenters. The largest absolute Gasteiger partial charge is 0.478 e. The van der Waals surface area contributed by atoms with E-state index in [1.54, 1.807) is 23.9 Å². The van der Waals surface area contributed by atoms with E-state index in [0.29, 0.717) is 16.0 Å². The summed E-state index contributed by atoms with van der Waals surface area (Å²) in [5, 5.41) is 8.93. The second-order valence-electron chi connectivity index (χ2n) is 3.65. The van der Waals surface area contributed by atoms with Crippen molar-refractivity contribution in [2.75, 3.05) is 5.75 Å². The number of thioether (sulfide) groups is 1. The summed E-state index contributed by atoms with van der Waals surface area (Å²) in [5.74, 6) is 0.710. The van der Waals surface area contributed by atoms with Crippen molar-refractivity contribution < 1.29 is 9.90 Å². The maximum atomic E-state index is 10.9. The van der Waals surface area contributed by atoms with E-state index in [-0.39, 0.29) is 0 Å². The van der Waals surface area contributed by atoms with Crippen molar-refractivity contribution in [3.8, 4) is 0 Å². The molecule has 0 saturated heterocycles. The molecule has 4 heteroatoms. The fourth-order valence-electron chi connectivity index (χ4n) is 1.02. The average Bonchev–Trinajstić information content (AvgIpc) is 2.16. The zero-order chi connectivity index (χ0) is 11.4. The second kappa shape index (κ2) is 5.56. The fraction of sp³-hybridized carbons (Fsp3) is 0.364. The first-order valence-corrected chi connectivity index (χ1v) is 6.44. The molecule has 2 nitrogen and oxygen atoms in total. The molecule has 0 aromatic heterocycles. The SMILES string of the molecule is CC(C)CSc1ccc(Br)c(C(=O)O)c1. The van der Waals surface area contributed by atoms with Gasteiger partial charge in [-0.1, -0.05) is 13.8 Å². The smallest absolute Gasteiger partial charge is 0.336 e. The quantitative estimate of drug-likeness (QED) is 0.854. The Balaban J connectivity index is 2.83. The number of hydrogen-bond acceptors (Lipinski definition) is 2. The molecule has 0 aliphatic rings. The van der Waals surface area contributed by atoms with Gasteiger partial charge in [0.15, 0.2) is 0 Å². The van der Waals surface area contributed by atoms with Gasteiger partial charge >= 0.3 is 5.97 Å². The third kappa shape index (κ3) is 3.87. The summed E-state index contributed by atoms with van der Waals surface area (Å²) in [4.78, 5) is 11.9. The van der Waals surface area contributed by atoms with Crippen LogP contribution in [0.4, 0.5) is 0 Å². The van der Waals surface area contributed by atoms with Crippen molar-refractivity contribution >= 4 is 33.7 Å². The average molecular weight is 289 g/mol. The van der Waals surface area contributed by atoms with Crippen LogP contribution in [0.5, 0.6) is 0 Å². The molecule has 1 aromatic rings. The van der Waals surface area contributed by atoms with Crippen LogP contribution in [-0.4, -0.2) is 16.8 Å². The molecule has 0 heterocycles. The fourth-order valence-corrected chi connectivity index (χ4v) is 2.33. The molecule has 0 saturated carbocycles. The lowest BCUT2D eigenvalue weighted by atomic mass is 10.2. The standard InChI is InChI=1S/C11H13BrO2S/c1-7(2)6-15-8-3-4-10(12)9(5-8)11(13)14/h3-5,7H,6H2,1-2H3,(H,13,14). The third-order valence-electron chi connectivity index (χ3n) is 1.75. The Labute approximate surface area is 102 Å². The van der Waals surface area contributed by atoms with Crippen molar-refractivity contribution in [2.24, 2.45) is 5.92 Å². The Kier molecular flexibility index (Phi) is 4.67. The van der Waals surface area contributed by atoms with E-state index in [0.717, 1.165) is 10.6 Å². The van der Waals surface area contributed by atoms with E-state index in [9.17, 15) is 4.79 Å². The molecule has 0 spiro atoms. The summed E-state index contributed by atoms with van der Waals surface area (Å²) in [5.41, 5.74) is 0.323. The highest BCUT2D eigenvalue weighted by molar-refractivity contribution is 9.10. The number of carbonyl (C=O) groups is 1. The van der Waals surface area contributed by atoms with Gasteiger partial charge in [0.05, 0.1) is 5.56 Å². The van der Waals surface area contributed by atoms with Crippen molar-refractivity contribution in [1.82, 2.24) is 0 Å². The zero-order valence-electron chi connectivity index (χ0n) is 8.66. The lowest BCUT2D eigenvalue weighted by molar-refractivity contribution is 0.0695. The first kappa shape index (κ1) is 12.6. The minimum absolute atomic E-state index is 0.323. The van der Waals surface area contributed by atoms with Crippen molar-refractivity contribution in [3.63, 3.8) is 0 Å². The number of halogens is 1. The molecule has 82 valence electrons. The van der Waals surface area contributed by atoms with Crippen LogP contribution in [0.15, 0.2) is 27.6 Å². The topological polar surface area (TPSA) is 37.3 Å². The summed E-state index contributed by atoms with van der Waals surface area (Å²) in [6.45, 7) is 4.29.